The van der Waals surface area contributed by atoms with Gasteiger partial charge in [-0.15, -0.1) is 0 Å². The van der Waals surface area contributed by atoms with Crippen molar-refractivity contribution in [3.63, 3.8) is 0 Å². The van der Waals surface area contributed by atoms with E-state index in [9.17, 15) is 0 Å². The van der Waals surface area contributed by atoms with E-state index in [0.29, 0.717) is 0 Å². The molecule has 1 aliphatic heterocycles. The summed E-state index contributed by atoms with van der Waals surface area (Å²) >= 11 is 0. The van der Waals surface area contributed by atoms with Crippen molar-refractivity contribution in [1.82, 2.24) is 0 Å². The van der Waals surface area contributed by atoms with Crippen LogP contribution < -0.4 is 10.5 Å². The Balaban J connectivity index is 1.87. The number of fused-ring (bicyclic) bond motifs is 1. The molecule has 0 unspecified atom stereocenters. The quantitative estimate of drug-likeness (QED) is 0.866. The number of benzene rings is 1. The zero-order valence-electron chi connectivity index (χ0n) is 10.3. The summed E-state index contributed by atoms with van der Waals surface area (Å²) in [5, 5.41) is 0. The van der Waals surface area contributed by atoms with Gasteiger partial charge in [0.2, 0.25) is 0 Å². The average molecular weight is 233 g/mol. The first-order valence-electron chi connectivity index (χ1n) is 6.26. The largest absolute Gasteiger partial charge is 0.496 e. The second-order valence-corrected chi connectivity index (χ2v) is 5.24. The lowest BCUT2D eigenvalue weighted by Crippen LogP contribution is -2.22. The third-order valence-electron chi connectivity index (χ3n) is 3.97. The number of hydrogen-bond donors (Lipinski definition) is 1. The summed E-state index contributed by atoms with van der Waals surface area (Å²) in [6.45, 7) is 1.46. The zero-order chi connectivity index (χ0) is 11.9. The molecule has 2 aliphatic rings. The third-order valence-corrected chi connectivity index (χ3v) is 3.97. The van der Waals surface area contributed by atoms with Crippen molar-refractivity contribution in [2.24, 2.45) is 5.73 Å². The number of hydrogen-bond acceptors (Lipinski definition) is 3. The Bertz CT molecular complexity index is 438. The normalized spacial score (nSPS) is 20.1. The molecule has 0 bridgehead atoms. The fourth-order valence-electron chi connectivity index (χ4n) is 2.55. The Kier molecular flexibility index (Phi) is 2.60. The van der Waals surface area contributed by atoms with Gasteiger partial charge in [-0.25, -0.2) is 0 Å². The van der Waals surface area contributed by atoms with Crippen LogP contribution in [0.5, 0.6) is 5.75 Å². The molecule has 3 nitrogen and oxygen atoms in total. The maximum atomic E-state index is 6.16. The van der Waals surface area contributed by atoms with Crippen molar-refractivity contribution in [3.8, 4) is 5.75 Å². The maximum absolute atomic E-state index is 6.16. The minimum Gasteiger partial charge on any atom is -0.496 e. The molecule has 0 spiro atoms. The molecular formula is C14H19NO2. The van der Waals surface area contributed by atoms with Crippen LogP contribution in [0, 0.1) is 0 Å². The highest BCUT2D eigenvalue weighted by molar-refractivity contribution is 5.46. The van der Waals surface area contributed by atoms with Gasteiger partial charge in [-0.05, 0) is 42.9 Å². The van der Waals surface area contributed by atoms with E-state index in [1.54, 1.807) is 7.11 Å². The molecule has 0 amide bonds. The molecule has 0 aromatic heterocycles. The van der Waals surface area contributed by atoms with Crippen LogP contribution in [0.1, 0.15) is 36.0 Å². The van der Waals surface area contributed by atoms with Crippen LogP contribution >= 0.6 is 0 Å². The van der Waals surface area contributed by atoms with Crippen molar-refractivity contribution >= 4 is 0 Å². The van der Waals surface area contributed by atoms with Gasteiger partial charge in [0, 0.05) is 11.1 Å². The number of rotatable bonds is 4. The highest BCUT2D eigenvalue weighted by atomic mass is 16.5. The van der Waals surface area contributed by atoms with Gasteiger partial charge < -0.3 is 15.2 Å². The minimum absolute atomic E-state index is 0.104. The number of methoxy groups -OCH3 is 1. The van der Waals surface area contributed by atoms with Crippen molar-refractivity contribution < 1.29 is 9.47 Å². The van der Waals surface area contributed by atoms with E-state index < -0.39 is 0 Å². The monoisotopic (exact) mass is 233 g/mol. The van der Waals surface area contributed by atoms with Crippen LogP contribution in [0.4, 0.5) is 0 Å². The van der Waals surface area contributed by atoms with Crippen LogP contribution in [-0.4, -0.2) is 12.6 Å². The van der Waals surface area contributed by atoms with Crippen molar-refractivity contribution in [3.05, 3.63) is 28.8 Å². The lowest BCUT2D eigenvalue weighted by atomic mass is 9.96. The van der Waals surface area contributed by atoms with Crippen LogP contribution in [0.2, 0.25) is 0 Å². The van der Waals surface area contributed by atoms with Gasteiger partial charge >= 0.3 is 0 Å². The fourth-order valence-corrected chi connectivity index (χ4v) is 2.55. The first-order chi connectivity index (χ1) is 8.22. The summed E-state index contributed by atoms with van der Waals surface area (Å²) < 4.78 is 11.0. The minimum atomic E-state index is 0.104. The summed E-state index contributed by atoms with van der Waals surface area (Å²) in [5.74, 6) is 0.985. The Morgan fingerprint density at radius 3 is 2.88 bits per heavy atom. The smallest absolute Gasteiger partial charge is 0.122 e. The fraction of sp³-hybridized carbons (Fsp3) is 0.571. The van der Waals surface area contributed by atoms with Crippen LogP contribution in [0.25, 0.3) is 0 Å². The molecule has 1 fully saturated rings. The zero-order valence-corrected chi connectivity index (χ0v) is 10.3. The first-order valence-corrected chi connectivity index (χ1v) is 6.26. The van der Waals surface area contributed by atoms with Crippen molar-refractivity contribution in [2.45, 2.75) is 44.4 Å². The molecule has 0 saturated heterocycles. The molecule has 1 aromatic rings. The van der Waals surface area contributed by atoms with E-state index in [4.69, 9.17) is 15.2 Å². The molecular weight excluding hydrogens is 214 g/mol. The predicted octanol–water partition coefficient (Wildman–Crippen LogP) is 2.15. The Labute approximate surface area is 102 Å². The van der Waals surface area contributed by atoms with E-state index in [1.807, 2.05) is 0 Å². The predicted molar refractivity (Wildman–Crippen MR) is 66.0 cm³/mol. The Morgan fingerprint density at radius 2 is 2.18 bits per heavy atom. The molecule has 0 atom stereocenters. The van der Waals surface area contributed by atoms with Crippen molar-refractivity contribution in [2.75, 3.05) is 7.11 Å². The lowest BCUT2D eigenvalue weighted by molar-refractivity contribution is 0.134. The number of nitrogens with two attached hydrogens (primary N) is 1. The topological polar surface area (TPSA) is 44.5 Å². The maximum Gasteiger partial charge on any atom is 0.122 e. The lowest BCUT2D eigenvalue weighted by Gasteiger charge is -2.15. The molecule has 3 heteroatoms. The summed E-state index contributed by atoms with van der Waals surface area (Å²) in [4.78, 5) is 0. The standard InChI is InChI=1S/C14H19NO2/c1-16-13-3-2-10-8-17-9-12(10)11(13)4-5-14(15)6-7-14/h2-3H,4-9,15H2,1H3. The van der Waals surface area contributed by atoms with Crippen LogP contribution in [0.3, 0.4) is 0 Å². The molecule has 2 N–H and O–H groups in total. The van der Waals surface area contributed by atoms with Crippen LogP contribution in [-0.2, 0) is 24.4 Å². The second-order valence-electron chi connectivity index (χ2n) is 5.24. The molecule has 92 valence electrons. The van der Waals surface area contributed by atoms with E-state index in [2.05, 4.69) is 12.1 Å². The summed E-state index contributed by atoms with van der Waals surface area (Å²) in [7, 11) is 1.73. The van der Waals surface area contributed by atoms with Gasteiger partial charge in [0.15, 0.2) is 0 Å². The van der Waals surface area contributed by atoms with Gasteiger partial charge in [0.25, 0.3) is 0 Å². The highest BCUT2D eigenvalue weighted by Crippen LogP contribution is 2.39. The molecule has 1 saturated carbocycles. The molecule has 1 aliphatic carbocycles. The van der Waals surface area contributed by atoms with Gasteiger partial charge in [0.05, 0.1) is 20.3 Å². The third kappa shape index (κ3) is 2.05. The average Bonchev–Trinajstić information content (AvgIpc) is 2.90. The van der Waals surface area contributed by atoms with Gasteiger partial charge in [0.1, 0.15) is 5.75 Å². The Hall–Kier alpha value is -1.06. The molecule has 17 heavy (non-hydrogen) atoms. The Morgan fingerprint density at radius 1 is 1.35 bits per heavy atom. The van der Waals surface area contributed by atoms with Crippen LogP contribution in [0.15, 0.2) is 12.1 Å². The summed E-state index contributed by atoms with van der Waals surface area (Å²) in [6.07, 6.45) is 4.40. The summed E-state index contributed by atoms with van der Waals surface area (Å²) in [5.41, 5.74) is 10.2. The van der Waals surface area contributed by atoms with Crippen molar-refractivity contribution in [1.29, 1.82) is 0 Å². The molecule has 3 rings (SSSR count). The molecule has 1 aromatic carbocycles. The number of ether oxygens (including phenoxy) is 2. The molecule has 0 radical (unpaired) electrons. The highest BCUT2D eigenvalue weighted by Gasteiger charge is 2.37. The molecule has 1 heterocycles. The van der Waals surface area contributed by atoms with E-state index in [1.165, 1.54) is 29.5 Å². The second kappa shape index (κ2) is 4.00. The van der Waals surface area contributed by atoms with E-state index >= 15 is 0 Å². The van der Waals surface area contributed by atoms with E-state index in [0.717, 1.165) is 31.8 Å². The van der Waals surface area contributed by atoms with Gasteiger partial charge in [-0.3, -0.25) is 0 Å². The van der Waals surface area contributed by atoms with Gasteiger partial charge in [-0.1, -0.05) is 6.07 Å². The van der Waals surface area contributed by atoms with E-state index in [-0.39, 0.29) is 5.54 Å². The first kappa shape index (κ1) is 11.1. The SMILES string of the molecule is COc1ccc2c(c1CCC1(N)CC1)COC2. The van der Waals surface area contributed by atoms with Gasteiger partial charge in [-0.2, -0.15) is 0 Å². The summed E-state index contributed by atoms with van der Waals surface area (Å²) in [6, 6.07) is 4.17.